The molecule has 0 aromatic heterocycles. The van der Waals surface area contributed by atoms with Crippen molar-refractivity contribution in [3.8, 4) is 0 Å². The molecule has 0 fully saturated rings. The van der Waals surface area contributed by atoms with Gasteiger partial charge in [0.05, 0.1) is 6.61 Å². The van der Waals surface area contributed by atoms with Gasteiger partial charge in [-0.25, -0.2) is 4.79 Å². The van der Waals surface area contributed by atoms with Gasteiger partial charge in [0.1, 0.15) is 17.7 Å². The minimum atomic E-state index is -0.654. The molecule has 6 nitrogen and oxygen atoms in total. The molecule has 0 atom stereocenters. The van der Waals surface area contributed by atoms with E-state index in [0.717, 1.165) is 4.90 Å². The molecule has 0 spiro atoms. The van der Waals surface area contributed by atoms with Crippen LogP contribution in [0.1, 0.15) is 41.5 Å². The summed E-state index contributed by atoms with van der Waals surface area (Å²) >= 11 is 0. The lowest BCUT2D eigenvalue weighted by molar-refractivity contribution is -0.156. The van der Waals surface area contributed by atoms with Crippen LogP contribution in [0.3, 0.4) is 0 Å². The van der Waals surface area contributed by atoms with Gasteiger partial charge in [-0.1, -0.05) is 0 Å². The average Bonchev–Trinajstić information content (AvgIpc) is 2.10. The quantitative estimate of drug-likeness (QED) is 0.788. The van der Waals surface area contributed by atoms with Crippen LogP contribution in [0, 0.1) is 0 Å². The Hall–Kier alpha value is -1.30. The highest BCUT2D eigenvalue weighted by molar-refractivity contribution is 5.78. The summed E-state index contributed by atoms with van der Waals surface area (Å²) in [5.41, 5.74) is -1.27. The molecule has 0 saturated carbocycles. The molecule has 0 aliphatic heterocycles. The molecular formula is C13H25NO5. The molecule has 0 rings (SSSR count). The van der Waals surface area contributed by atoms with Gasteiger partial charge in [0.15, 0.2) is 0 Å². The van der Waals surface area contributed by atoms with Crippen LogP contribution < -0.4 is 0 Å². The lowest BCUT2D eigenvalue weighted by Crippen LogP contribution is -2.43. The SMILES string of the molecule is CC(C)(C)OC(=O)CN(CCO)C(=O)OC(C)(C)C. The highest BCUT2D eigenvalue weighted by Gasteiger charge is 2.25. The fraction of sp³-hybridized carbons (Fsp3) is 0.846. The number of nitrogens with zero attached hydrogens (tertiary/aromatic N) is 1. The maximum atomic E-state index is 11.8. The largest absolute Gasteiger partial charge is 0.459 e. The van der Waals surface area contributed by atoms with Gasteiger partial charge < -0.3 is 14.6 Å². The Balaban J connectivity index is 4.57. The van der Waals surface area contributed by atoms with Gasteiger partial charge in [0.2, 0.25) is 0 Å². The lowest BCUT2D eigenvalue weighted by Gasteiger charge is -2.27. The molecule has 6 heteroatoms. The van der Waals surface area contributed by atoms with Crippen LogP contribution >= 0.6 is 0 Å². The number of amides is 1. The van der Waals surface area contributed by atoms with E-state index in [-0.39, 0.29) is 19.7 Å². The second-order valence-corrected chi connectivity index (χ2v) is 6.21. The molecule has 0 aliphatic carbocycles. The van der Waals surface area contributed by atoms with Crippen LogP contribution in [0.4, 0.5) is 4.79 Å². The lowest BCUT2D eigenvalue weighted by atomic mass is 10.2. The number of aliphatic hydroxyl groups excluding tert-OH is 1. The molecule has 0 aliphatic rings. The predicted molar refractivity (Wildman–Crippen MR) is 70.7 cm³/mol. The third kappa shape index (κ3) is 9.30. The first kappa shape index (κ1) is 17.7. The van der Waals surface area contributed by atoms with E-state index in [1.54, 1.807) is 41.5 Å². The molecule has 0 bridgehead atoms. The number of esters is 1. The standard InChI is InChI=1S/C13H25NO5/c1-12(2,3)18-10(16)9-14(7-8-15)11(17)19-13(4,5)6/h15H,7-9H2,1-6H3. The molecule has 0 unspecified atom stereocenters. The van der Waals surface area contributed by atoms with Crippen molar-refractivity contribution in [1.82, 2.24) is 4.90 Å². The zero-order chi connectivity index (χ0) is 15.3. The van der Waals surface area contributed by atoms with Crippen LogP contribution in [0.5, 0.6) is 0 Å². The van der Waals surface area contributed by atoms with E-state index in [9.17, 15) is 9.59 Å². The first-order chi connectivity index (χ1) is 8.44. The third-order valence-electron chi connectivity index (χ3n) is 1.76. The van der Waals surface area contributed by atoms with Gasteiger partial charge in [-0.05, 0) is 41.5 Å². The Morgan fingerprint density at radius 1 is 1.00 bits per heavy atom. The number of hydrogen-bond acceptors (Lipinski definition) is 5. The average molecular weight is 275 g/mol. The molecule has 0 saturated heterocycles. The van der Waals surface area contributed by atoms with E-state index in [1.165, 1.54) is 0 Å². The molecule has 0 aromatic carbocycles. The second kappa shape index (κ2) is 6.75. The van der Waals surface area contributed by atoms with Gasteiger partial charge in [0, 0.05) is 6.54 Å². The van der Waals surface area contributed by atoms with Crippen molar-refractivity contribution in [2.75, 3.05) is 19.7 Å². The van der Waals surface area contributed by atoms with Gasteiger partial charge in [-0.15, -0.1) is 0 Å². The van der Waals surface area contributed by atoms with Crippen molar-refractivity contribution < 1.29 is 24.2 Å². The van der Waals surface area contributed by atoms with E-state index < -0.39 is 23.3 Å². The number of carbonyl (C=O) groups excluding carboxylic acids is 2. The van der Waals surface area contributed by atoms with Crippen molar-refractivity contribution in [2.45, 2.75) is 52.7 Å². The number of ether oxygens (including phenoxy) is 2. The summed E-state index contributed by atoms with van der Waals surface area (Å²) in [6, 6.07) is 0. The minimum Gasteiger partial charge on any atom is -0.459 e. The number of carbonyl (C=O) groups is 2. The van der Waals surface area contributed by atoms with Gasteiger partial charge >= 0.3 is 12.1 Å². The zero-order valence-electron chi connectivity index (χ0n) is 12.6. The molecule has 19 heavy (non-hydrogen) atoms. The summed E-state index contributed by atoms with van der Waals surface area (Å²) < 4.78 is 10.3. The van der Waals surface area contributed by atoms with Crippen molar-refractivity contribution in [3.05, 3.63) is 0 Å². The molecule has 0 heterocycles. The monoisotopic (exact) mass is 275 g/mol. The zero-order valence-corrected chi connectivity index (χ0v) is 12.6. The maximum Gasteiger partial charge on any atom is 0.410 e. The fourth-order valence-electron chi connectivity index (χ4n) is 1.21. The maximum absolute atomic E-state index is 11.8. The van der Waals surface area contributed by atoms with Gasteiger partial charge in [0.25, 0.3) is 0 Å². The smallest absolute Gasteiger partial charge is 0.410 e. The van der Waals surface area contributed by atoms with E-state index in [4.69, 9.17) is 14.6 Å². The molecule has 0 radical (unpaired) electrons. The van der Waals surface area contributed by atoms with Crippen LogP contribution in [0.15, 0.2) is 0 Å². The Labute approximate surface area is 114 Å². The summed E-state index contributed by atoms with van der Waals surface area (Å²) in [6.07, 6.45) is -0.646. The Bertz CT molecular complexity index is 314. The van der Waals surface area contributed by atoms with Crippen molar-refractivity contribution >= 4 is 12.1 Å². The van der Waals surface area contributed by atoms with Crippen LogP contribution in [0.25, 0.3) is 0 Å². The summed E-state index contributed by atoms with van der Waals surface area (Å²) in [5.74, 6) is -0.535. The van der Waals surface area contributed by atoms with Crippen LogP contribution in [-0.2, 0) is 14.3 Å². The number of aliphatic hydroxyl groups is 1. The Morgan fingerprint density at radius 3 is 1.84 bits per heavy atom. The number of rotatable bonds is 4. The first-order valence-electron chi connectivity index (χ1n) is 6.25. The van der Waals surface area contributed by atoms with Crippen LogP contribution in [0.2, 0.25) is 0 Å². The van der Waals surface area contributed by atoms with Gasteiger partial charge in [-0.2, -0.15) is 0 Å². The van der Waals surface area contributed by atoms with E-state index in [0.29, 0.717) is 0 Å². The summed E-state index contributed by atoms with van der Waals surface area (Å²) in [4.78, 5) is 24.6. The van der Waals surface area contributed by atoms with E-state index >= 15 is 0 Å². The molecule has 0 aromatic rings. The molecule has 1 N–H and O–H groups in total. The van der Waals surface area contributed by atoms with Crippen molar-refractivity contribution in [3.63, 3.8) is 0 Å². The van der Waals surface area contributed by atoms with E-state index in [2.05, 4.69) is 0 Å². The Morgan fingerprint density at radius 2 is 1.47 bits per heavy atom. The summed E-state index contributed by atoms with van der Waals surface area (Å²) in [5, 5.41) is 8.93. The Kier molecular flexibility index (Phi) is 6.29. The van der Waals surface area contributed by atoms with Crippen LogP contribution in [-0.4, -0.2) is 53.0 Å². The summed E-state index contributed by atoms with van der Waals surface area (Å²) in [7, 11) is 0. The number of hydrogen-bond donors (Lipinski definition) is 1. The second-order valence-electron chi connectivity index (χ2n) is 6.21. The predicted octanol–water partition coefficient (Wildman–Crippen LogP) is 1.56. The van der Waals surface area contributed by atoms with Crippen molar-refractivity contribution in [1.29, 1.82) is 0 Å². The van der Waals surface area contributed by atoms with Gasteiger partial charge in [-0.3, -0.25) is 9.69 Å². The highest BCUT2D eigenvalue weighted by atomic mass is 16.6. The van der Waals surface area contributed by atoms with E-state index in [1.807, 2.05) is 0 Å². The normalized spacial score (nSPS) is 11.9. The topological polar surface area (TPSA) is 76.1 Å². The summed E-state index contributed by atoms with van der Waals surface area (Å²) in [6.45, 7) is 9.96. The third-order valence-corrected chi connectivity index (χ3v) is 1.76. The molecule has 112 valence electrons. The molecular weight excluding hydrogens is 250 g/mol. The highest BCUT2D eigenvalue weighted by Crippen LogP contribution is 2.11. The van der Waals surface area contributed by atoms with Crippen molar-refractivity contribution in [2.24, 2.45) is 0 Å². The minimum absolute atomic E-state index is 0.0220. The first-order valence-corrected chi connectivity index (χ1v) is 6.25. The fourth-order valence-corrected chi connectivity index (χ4v) is 1.21. The molecule has 1 amide bonds.